The van der Waals surface area contributed by atoms with E-state index in [9.17, 15) is 9.18 Å². The van der Waals surface area contributed by atoms with Crippen LogP contribution in [0.5, 0.6) is 5.75 Å². The van der Waals surface area contributed by atoms with Crippen molar-refractivity contribution in [2.75, 3.05) is 7.11 Å². The number of hydrogen-bond acceptors (Lipinski definition) is 3. The first kappa shape index (κ1) is 15.5. The summed E-state index contributed by atoms with van der Waals surface area (Å²) in [6.45, 7) is 4.00. The molecule has 0 fully saturated rings. The van der Waals surface area contributed by atoms with E-state index in [1.165, 1.54) is 25.3 Å². The average Bonchev–Trinajstić information content (AvgIpc) is 2.39. The fourth-order valence-electron chi connectivity index (χ4n) is 1.78. The van der Waals surface area contributed by atoms with Crippen LogP contribution in [0.15, 0.2) is 18.2 Å². The smallest absolute Gasteiger partial charge is 0.338 e. The molecule has 3 nitrogen and oxygen atoms in total. The zero-order valence-electron chi connectivity index (χ0n) is 11.7. The largest absolute Gasteiger partial charge is 0.494 e. The molecular weight excluding hydrogens is 247 g/mol. The highest BCUT2D eigenvalue weighted by Gasteiger charge is 2.14. The van der Waals surface area contributed by atoms with Crippen molar-refractivity contribution in [2.45, 2.75) is 45.6 Å². The van der Waals surface area contributed by atoms with Crippen LogP contribution >= 0.6 is 0 Å². The number of rotatable bonds is 7. The van der Waals surface area contributed by atoms with Gasteiger partial charge in [0.25, 0.3) is 0 Å². The molecule has 0 aliphatic heterocycles. The minimum Gasteiger partial charge on any atom is -0.494 e. The fourth-order valence-corrected chi connectivity index (χ4v) is 1.78. The van der Waals surface area contributed by atoms with Crippen LogP contribution in [0.2, 0.25) is 0 Å². The van der Waals surface area contributed by atoms with Gasteiger partial charge in [-0.15, -0.1) is 0 Å². The molecule has 1 unspecified atom stereocenters. The van der Waals surface area contributed by atoms with Gasteiger partial charge in [-0.3, -0.25) is 0 Å². The fraction of sp³-hybridized carbons (Fsp3) is 0.533. The van der Waals surface area contributed by atoms with E-state index >= 15 is 0 Å². The summed E-state index contributed by atoms with van der Waals surface area (Å²) in [6.07, 6.45) is 4.02. The van der Waals surface area contributed by atoms with Crippen molar-refractivity contribution in [1.82, 2.24) is 0 Å². The highest BCUT2D eigenvalue weighted by molar-refractivity contribution is 5.90. The molecule has 0 radical (unpaired) electrons. The molecule has 106 valence electrons. The van der Waals surface area contributed by atoms with Crippen LogP contribution in [0.3, 0.4) is 0 Å². The minimum atomic E-state index is -0.491. The molecule has 0 spiro atoms. The van der Waals surface area contributed by atoms with Crippen LogP contribution in [0.25, 0.3) is 0 Å². The molecular formula is C15H21FO3. The van der Waals surface area contributed by atoms with Crippen molar-refractivity contribution in [3.63, 3.8) is 0 Å². The van der Waals surface area contributed by atoms with E-state index < -0.39 is 11.8 Å². The first-order chi connectivity index (χ1) is 9.08. The van der Waals surface area contributed by atoms with Gasteiger partial charge in [-0.2, -0.15) is 0 Å². The molecule has 1 rings (SSSR count). The summed E-state index contributed by atoms with van der Waals surface area (Å²) in [7, 11) is 1.36. The zero-order valence-corrected chi connectivity index (χ0v) is 11.7. The van der Waals surface area contributed by atoms with E-state index in [-0.39, 0.29) is 11.9 Å². The molecule has 19 heavy (non-hydrogen) atoms. The van der Waals surface area contributed by atoms with Gasteiger partial charge in [-0.25, -0.2) is 9.18 Å². The second-order valence-corrected chi connectivity index (χ2v) is 4.56. The van der Waals surface area contributed by atoms with Gasteiger partial charge in [0.05, 0.1) is 18.8 Å². The summed E-state index contributed by atoms with van der Waals surface area (Å²) < 4.78 is 23.4. The van der Waals surface area contributed by atoms with Crippen LogP contribution in [-0.2, 0) is 4.74 Å². The lowest BCUT2D eigenvalue weighted by atomic mass is 10.1. The van der Waals surface area contributed by atoms with Gasteiger partial charge < -0.3 is 9.47 Å². The summed E-state index contributed by atoms with van der Waals surface area (Å²) in [4.78, 5) is 11.9. The Morgan fingerprint density at radius 3 is 2.74 bits per heavy atom. The van der Waals surface area contributed by atoms with Crippen LogP contribution in [0.1, 0.15) is 49.9 Å². The molecule has 0 amide bonds. The maximum Gasteiger partial charge on any atom is 0.338 e. The summed E-state index contributed by atoms with van der Waals surface area (Å²) in [5, 5.41) is 0. The maximum absolute atomic E-state index is 13.2. The number of hydrogen-bond donors (Lipinski definition) is 0. The highest BCUT2D eigenvalue weighted by atomic mass is 19.1. The van der Waals surface area contributed by atoms with Crippen LogP contribution < -0.4 is 4.74 Å². The Labute approximate surface area is 113 Å². The number of halogens is 1. The first-order valence-electron chi connectivity index (χ1n) is 6.63. The highest BCUT2D eigenvalue weighted by Crippen LogP contribution is 2.19. The Morgan fingerprint density at radius 1 is 1.37 bits per heavy atom. The minimum absolute atomic E-state index is 0.0492. The molecule has 0 heterocycles. The molecule has 0 saturated heterocycles. The SMILES string of the molecule is CCCCCC(C)OC(=O)c1ccc(F)c(OC)c1. The predicted molar refractivity (Wildman–Crippen MR) is 72.0 cm³/mol. The van der Waals surface area contributed by atoms with E-state index in [2.05, 4.69) is 6.92 Å². The lowest BCUT2D eigenvalue weighted by Gasteiger charge is -2.13. The predicted octanol–water partition coefficient (Wildman–Crippen LogP) is 3.96. The van der Waals surface area contributed by atoms with Crippen LogP contribution in [-0.4, -0.2) is 19.2 Å². The van der Waals surface area contributed by atoms with Crippen molar-refractivity contribution in [3.05, 3.63) is 29.6 Å². The van der Waals surface area contributed by atoms with Crippen molar-refractivity contribution < 1.29 is 18.7 Å². The van der Waals surface area contributed by atoms with Crippen LogP contribution in [0, 0.1) is 5.82 Å². The normalized spacial score (nSPS) is 12.0. The molecule has 0 bridgehead atoms. The van der Waals surface area contributed by atoms with Crippen molar-refractivity contribution in [1.29, 1.82) is 0 Å². The molecule has 0 N–H and O–H groups in total. The molecule has 1 aromatic rings. The van der Waals surface area contributed by atoms with Gasteiger partial charge >= 0.3 is 5.97 Å². The zero-order chi connectivity index (χ0) is 14.3. The van der Waals surface area contributed by atoms with E-state index in [1.54, 1.807) is 0 Å². The van der Waals surface area contributed by atoms with E-state index in [1.807, 2.05) is 6.92 Å². The number of ether oxygens (including phenoxy) is 2. The van der Waals surface area contributed by atoms with Crippen LogP contribution in [0.4, 0.5) is 4.39 Å². The van der Waals surface area contributed by atoms with Crippen molar-refractivity contribution in [2.24, 2.45) is 0 Å². The van der Waals surface area contributed by atoms with E-state index in [0.717, 1.165) is 25.7 Å². The molecule has 0 aromatic heterocycles. The molecule has 0 aliphatic rings. The molecule has 0 saturated carbocycles. The van der Waals surface area contributed by atoms with Gasteiger partial charge in [0.2, 0.25) is 0 Å². The Morgan fingerprint density at radius 2 is 2.11 bits per heavy atom. The van der Waals surface area contributed by atoms with Gasteiger partial charge in [-0.05, 0) is 38.0 Å². The number of esters is 1. The number of carbonyl (C=O) groups is 1. The quantitative estimate of drug-likeness (QED) is 0.554. The van der Waals surface area contributed by atoms with Crippen molar-refractivity contribution >= 4 is 5.97 Å². The summed E-state index contributed by atoms with van der Waals surface area (Å²) in [5.41, 5.74) is 0.306. The average molecular weight is 268 g/mol. The molecule has 0 aliphatic carbocycles. The molecule has 1 atom stereocenters. The van der Waals surface area contributed by atoms with Gasteiger partial charge in [0.1, 0.15) is 0 Å². The third-order valence-corrected chi connectivity index (χ3v) is 2.91. The topological polar surface area (TPSA) is 35.5 Å². The van der Waals surface area contributed by atoms with Gasteiger partial charge in [0.15, 0.2) is 11.6 Å². The van der Waals surface area contributed by atoms with Gasteiger partial charge in [-0.1, -0.05) is 19.8 Å². The second kappa shape index (κ2) is 7.77. The molecule has 1 aromatic carbocycles. The summed E-state index contributed by atoms with van der Waals surface area (Å²) in [6, 6.07) is 3.96. The third kappa shape index (κ3) is 4.89. The monoisotopic (exact) mass is 268 g/mol. The molecule has 4 heteroatoms. The Balaban J connectivity index is 2.57. The Kier molecular flexibility index (Phi) is 6.33. The number of carbonyl (C=O) groups excluding carboxylic acids is 1. The standard InChI is InChI=1S/C15H21FO3/c1-4-5-6-7-11(2)19-15(17)12-8-9-13(16)14(10-12)18-3/h8-11H,4-7H2,1-3H3. The summed E-state index contributed by atoms with van der Waals surface area (Å²) >= 11 is 0. The lowest BCUT2D eigenvalue weighted by Crippen LogP contribution is -2.15. The van der Waals surface area contributed by atoms with Crippen molar-refractivity contribution in [3.8, 4) is 5.75 Å². The summed E-state index contributed by atoms with van der Waals surface area (Å²) in [5.74, 6) is -0.884. The number of benzene rings is 1. The second-order valence-electron chi connectivity index (χ2n) is 4.56. The number of unbranched alkanes of at least 4 members (excludes halogenated alkanes) is 2. The maximum atomic E-state index is 13.2. The first-order valence-corrected chi connectivity index (χ1v) is 6.63. The van der Waals surface area contributed by atoms with Gasteiger partial charge in [0, 0.05) is 0 Å². The Hall–Kier alpha value is -1.58. The number of methoxy groups -OCH3 is 1. The van der Waals surface area contributed by atoms with E-state index in [0.29, 0.717) is 5.56 Å². The Bertz CT molecular complexity index is 418. The third-order valence-electron chi connectivity index (χ3n) is 2.91. The van der Waals surface area contributed by atoms with E-state index in [4.69, 9.17) is 9.47 Å². The lowest BCUT2D eigenvalue weighted by molar-refractivity contribution is 0.0319.